The number of hydrogen-bond acceptors (Lipinski definition) is 4. The van der Waals surface area contributed by atoms with E-state index < -0.39 is 0 Å². The Bertz CT molecular complexity index is 557. The van der Waals surface area contributed by atoms with Gasteiger partial charge >= 0.3 is 0 Å². The standard InChI is InChI=1S/C12H15N3O2/c1-9-3-5-11(17-9)10-4-6-12(16)15(14-10)8-2-7-13/h3-6H,2,7-8,13H2,1H3. The fraction of sp³-hybridized carbons (Fsp3) is 0.333. The highest BCUT2D eigenvalue weighted by molar-refractivity contribution is 5.50. The molecule has 0 saturated heterocycles. The molecule has 0 aliphatic carbocycles. The summed E-state index contributed by atoms with van der Waals surface area (Å²) in [7, 11) is 0. The van der Waals surface area contributed by atoms with Crippen molar-refractivity contribution in [1.29, 1.82) is 0 Å². The van der Waals surface area contributed by atoms with Crippen molar-refractivity contribution in [3.63, 3.8) is 0 Å². The van der Waals surface area contributed by atoms with Gasteiger partial charge in [0.1, 0.15) is 11.5 Å². The van der Waals surface area contributed by atoms with E-state index >= 15 is 0 Å². The quantitative estimate of drug-likeness (QED) is 0.860. The zero-order valence-corrected chi connectivity index (χ0v) is 9.72. The molecule has 2 N–H and O–H groups in total. The van der Waals surface area contributed by atoms with Crippen molar-refractivity contribution in [3.8, 4) is 11.5 Å². The summed E-state index contributed by atoms with van der Waals surface area (Å²) in [5, 5.41) is 4.25. The Morgan fingerprint density at radius 2 is 2.18 bits per heavy atom. The highest BCUT2D eigenvalue weighted by Gasteiger charge is 2.06. The second-order valence-corrected chi connectivity index (χ2v) is 3.83. The maximum Gasteiger partial charge on any atom is 0.266 e. The van der Waals surface area contributed by atoms with Gasteiger partial charge in [-0.1, -0.05) is 0 Å². The van der Waals surface area contributed by atoms with E-state index in [-0.39, 0.29) is 5.56 Å². The summed E-state index contributed by atoms with van der Waals surface area (Å²) >= 11 is 0. The minimum atomic E-state index is -0.120. The van der Waals surface area contributed by atoms with Crippen LogP contribution in [0.25, 0.3) is 11.5 Å². The van der Waals surface area contributed by atoms with Crippen molar-refractivity contribution >= 4 is 0 Å². The third-order valence-corrected chi connectivity index (χ3v) is 2.43. The molecule has 5 nitrogen and oxygen atoms in total. The first-order valence-corrected chi connectivity index (χ1v) is 5.56. The zero-order valence-electron chi connectivity index (χ0n) is 9.72. The number of furan rings is 1. The molecule has 0 atom stereocenters. The monoisotopic (exact) mass is 233 g/mol. The summed E-state index contributed by atoms with van der Waals surface area (Å²) in [6.45, 7) is 2.94. The predicted octanol–water partition coefficient (Wildman–Crippen LogP) is 1.16. The summed E-state index contributed by atoms with van der Waals surface area (Å²) in [6, 6.07) is 6.87. The van der Waals surface area contributed by atoms with Crippen molar-refractivity contribution in [3.05, 3.63) is 40.4 Å². The van der Waals surface area contributed by atoms with Gasteiger partial charge in [-0.2, -0.15) is 5.10 Å². The number of aryl methyl sites for hydroxylation is 2. The first-order chi connectivity index (χ1) is 8.20. The van der Waals surface area contributed by atoms with Gasteiger partial charge in [0, 0.05) is 12.6 Å². The van der Waals surface area contributed by atoms with Crippen LogP contribution in [-0.2, 0) is 6.54 Å². The van der Waals surface area contributed by atoms with E-state index in [1.807, 2.05) is 19.1 Å². The van der Waals surface area contributed by atoms with Crippen LogP contribution in [0, 0.1) is 6.92 Å². The van der Waals surface area contributed by atoms with Crippen molar-refractivity contribution < 1.29 is 4.42 Å². The molecule has 0 saturated carbocycles. The molecule has 2 aromatic rings. The van der Waals surface area contributed by atoms with Crippen LogP contribution in [0.1, 0.15) is 12.2 Å². The molecule has 0 unspecified atom stereocenters. The normalized spacial score (nSPS) is 10.7. The summed E-state index contributed by atoms with van der Waals surface area (Å²) in [5.41, 5.74) is 5.96. The SMILES string of the molecule is Cc1ccc(-c2ccc(=O)n(CCCN)n2)o1. The summed E-state index contributed by atoms with van der Waals surface area (Å²) in [6.07, 6.45) is 0.730. The molecule has 0 amide bonds. The van der Waals surface area contributed by atoms with Crippen LogP contribution in [0.3, 0.4) is 0 Å². The Hall–Kier alpha value is -1.88. The second-order valence-electron chi connectivity index (χ2n) is 3.83. The average molecular weight is 233 g/mol. The molecule has 17 heavy (non-hydrogen) atoms. The smallest absolute Gasteiger partial charge is 0.266 e. The Morgan fingerprint density at radius 1 is 1.35 bits per heavy atom. The maximum absolute atomic E-state index is 11.5. The van der Waals surface area contributed by atoms with Crippen LogP contribution < -0.4 is 11.3 Å². The van der Waals surface area contributed by atoms with Gasteiger partial charge in [0.2, 0.25) is 0 Å². The number of nitrogens with two attached hydrogens (primary N) is 1. The molecule has 0 aliphatic rings. The highest BCUT2D eigenvalue weighted by Crippen LogP contribution is 2.18. The minimum Gasteiger partial charge on any atom is -0.460 e. The van der Waals surface area contributed by atoms with Crippen molar-refractivity contribution in [2.75, 3.05) is 6.54 Å². The fourth-order valence-corrected chi connectivity index (χ4v) is 1.55. The molecule has 2 rings (SSSR count). The molecule has 0 fully saturated rings. The third-order valence-electron chi connectivity index (χ3n) is 2.43. The van der Waals surface area contributed by atoms with Gasteiger partial charge in [-0.3, -0.25) is 4.79 Å². The Kier molecular flexibility index (Phi) is 3.39. The van der Waals surface area contributed by atoms with Gasteiger partial charge in [-0.05, 0) is 38.1 Å². The molecule has 2 aromatic heterocycles. The van der Waals surface area contributed by atoms with Crippen molar-refractivity contribution in [2.45, 2.75) is 19.9 Å². The Morgan fingerprint density at radius 3 is 2.82 bits per heavy atom. The lowest BCUT2D eigenvalue weighted by Crippen LogP contribution is -2.23. The van der Waals surface area contributed by atoms with Gasteiger partial charge in [-0.15, -0.1) is 0 Å². The maximum atomic E-state index is 11.5. The van der Waals surface area contributed by atoms with Crippen LogP contribution in [0.5, 0.6) is 0 Å². The van der Waals surface area contributed by atoms with Crippen LogP contribution in [0.2, 0.25) is 0 Å². The van der Waals surface area contributed by atoms with E-state index in [9.17, 15) is 4.79 Å². The van der Waals surface area contributed by atoms with E-state index in [0.717, 1.165) is 12.2 Å². The summed E-state index contributed by atoms with van der Waals surface area (Å²) in [4.78, 5) is 11.5. The molecule has 0 aromatic carbocycles. The van der Waals surface area contributed by atoms with E-state index in [1.54, 1.807) is 6.07 Å². The molecule has 0 aliphatic heterocycles. The number of nitrogens with zero attached hydrogens (tertiary/aromatic N) is 2. The van der Waals surface area contributed by atoms with E-state index in [0.29, 0.717) is 24.5 Å². The van der Waals surface area contributed by atoms with Crippen LogP contribution >= 0.6 is 0 Å². The summed E-state index contributed by atoms with van der Waals surface area (Å²) in [5.74, 6) is 1.49. The first kappa shape index (κ1) is 11.6. The average Bonchev–Trinajstić information content (AvgIpc) is 2.75. The van der Waals surface area contributed by atoms with Crippen LogP contribution in [0.4, 0.5) is 0 Å². The lowest BCUT2D eigenvalue weighted by atomic mass is 10.3. The van der Waals surface area contributed by atoms with Crippen LogP contribution in [0.15, 0.2) is 33.5 Å². The van der Waals surface area contributed by atoms with Crippen molar-refractivity contribution in [1.82, 2.24) is 9.78 Å². The first-order valence-electron chi connectivity index (χ1n) is 5.56. The molecule has 0 bridgehead atoms. The zero-order chi connectivity index (χ0) is 12.3. The third kappa shape index (κ3) is 2.62. The fourth-order valence-electron chi connectivity index (χ4n) is 1.55. The number of rotatable bonds is 4. The van der Waals surface area contributed by atoms with Crippen LogP contribution in [-0.4, -0.2) is 16.3 Å². The molecular weight excluding hydrogens is 218 g/mol. The molecule has 90 valence electrons. The summed E-state index contributed by atoms with van der Waals surface area (Å²) < 4.78 is 6.88. The van der Waals surface area contributed by atoms with E-state index in [1.165, 1.54) is 10.7 Å². The molecule has 0 spiro atoms. The largest absolute Gasteiger partial charge is 0.460 e. The molecular formula is C12H15N3O2. The van der Waals surface area contributed by atoms with Gasteiger partial charge in [-0.25, -0.2) is 4.68 Å². The Labute approximate surface area is 98.9 Å². The lowest BCUT2D eigenvalue weighted by molar-refractivity contribution is 0.528. The minimum absolute atomic E-state index is 0.120. The second kappa shape index (κ2) is 4.97. The lowest BCUT2D eigenvalue weighted by Gasteiger charge is -2.04. The van der Waals surface area contributed by atoms with Crippen molar-refractivity contribution in [2.24, 2.45) is 5.73 Å². The Balaban J connectivity index is 2.33. The van der Waals surface area contributed by atoms with E-state index in [2.05, 4.69) is 5.10 Å². The van der Waals surface area contributed by atoms with Gasteiger partial charge in [0.15, 0.2) is 5.76 Å². The predicted molar refractivity (Wildman–Crippen MR) is 64.6 cm³/mol. The number of hydrogen-bond donors (Lipinski definition) is 1. The van der Waals surface area contributed by atoms with Gasteiger partial charge < -0.3 is 10.2 Å². The molecule has 2 heterocycles. The van der Waals surface area contributed by atoms with Gasteiger partial charge in [0.05, 0.1) is 0 Å². The highest BCUT2D eigenvalue weighted by atomic mass is 16.3. The molecule has 0 radical (unpaired) electrons. The number of aromatic nitrogens is 2. The van der Waals surface area contributed by atoms with Gasteiger partial charge in [0.25, 0.3) is 5.56 Å². The molecule has 5 heteroatoms. The van der Waals surface area contributed by atoms with E-state index in [4.69, 9.17) is 10.2 Å². The topological polar surface area (TPSA) is 74.0 Å².